The summed E-state index contributed by atoms with van der Waals surface area (Å²) in [6, 6.07) is 0. The number of rotatable bonds is 21. The minimum absolute atomic E-state index is 0.541. The van der Waals surface area contributed by atoms with Crippen LogP contribution in [0.4, 0.5) is 0 Å². The average molecular weight is 352 g/mol. The van der Waals surface area contributed by atoms with Crippen LogP contribution < -0.4 is 11.1 Å². The summed E-state index contributed by atoms with van der Waals surface area (Å²) in [5.41, 5.74) is 5.30. The molecule has 0 atom stereocenters. The first-order valence-electron chi connectivity index (χ1n) is 8.79. The smallest absolute Gasteiger partial charge is 0.0966 e. The third-order valence-electron chi connectivity index (χ3n) is 2.73. The molecule has 0 aromatic heterocycles. The molecule has 0 aromatic rings. The Morgan fingerprint density at radius 2 is 1.04 bits per heavy atom. The van der Waals surface area contributed by atoms with Crippen LogP contribution in [0.2, 0.25) is 0 Å². The maximum Gasteiger partial charge on any atom is 0.0966 e. The van der Waals surface area contributed by atoms with Gasteiger partial charge in [0.25, 0.3) is 0 Å². The topological polar surface area (TPSA) is 93.4 Å². The van der Waals surface area contributed by atoms with Gasteiger partial charge in [0.05, 0.1) is 72.8 Å². The lowest BCUT2D eigenvalue weighted by Gasteiger charge is -2.08. The molecule has 146 valence electrons. The first-order chi connectivity index (χ1) is 11.9. The minimum Gasteiger partial charge on any atom is -0.378 e. The third-order valence-corrected chi connectivity index (χ3v) is 2.73. The van der Waals surface area contributed by atoms with Gasteiger partial charge in [0, 0.05) is 19.7 Å². The molecule has 8 heteroatoms. The molecule has 0 saturated carbocycles. The van der Waals surface area contributed by atoms with Crippen molar-refractivity contribution in [2.24, 2.45) is 5.73 Å². The molecule has 8 nitrogen and oxygen atoms in total. The highest BCUT2D eigenvalue weighted by Crippen LogP contribution is 1.83. The van der Waals surface area contributed by atoms with Gasteiger partial charge in [-0.1, -0.05) is 6.92 Å². The van der Waals surface area contributed by atoms with E-state index in [1.165, 1.54) is 0 Å². The predicted molar refractivity (Wildman–Crippen MR) is 92.3 cm³/mol. The van der Waals surface area contributed by atoms with Gasteiger partial charge < -0.3 is 34.2 Å². The van der Waals surface area contributed by atoms with Crippen molar-refractivity contribution in [1.82, 2.24) is 5.32 Å². The lowest BCUT2D eigenvalue weighted by Crippen LogP contribution is -2.23. The molecule has 0 fully saturated rings. The quantitative estimate of drug-likeness (QED) is 0.220. The fraction of sp³-hybridized carbons (Fsp3) is 1.00. The van der Waals surface area contributed by atoms with E-state index in [4.69, 9.17) is 34.2 Å². The second kappa shape index (κ2) is 22.7. The van der Waals surface area contributed by atoms with Crippen molar-refractivity contribution in [1.29, 1.82) is 0 Å². The Bertz CT molecular complexity index is 203. The van der Waals surface area contributed by atoms with Gasteiger partial charge in [0.15, 0.2) is 0 Å². The predicted octanol–water partition coefficient (Wildman–Crippen LogP) is 0.00180. The lowest BCUT2D eigenvalue weighted by atomic mass is 10.5. The summed E-state index contributed by atoms with van der Waals surface area (Å²) in [4.78, 5) is 0. The van der Waals surface area contributed by atoms with Crippen LogP contribution in [0.15, 0.2) is 0 Å². The van der Waals surface area contributed by atoms with E-state index in [1.807, 2.05) is 0 Å². The average Bonchev–Trinajstić information content (AvgIpc) is 2.60. The van der Waals surface area contributed by atoms with Crippen LogP contribution in [0.5, 0.6) is 0 Å². The monoisotopic (exact) mass is 352 g/mol. The maximum atomic E-state index is 5.42. The number of nitrogens with two attached hydrogens (primary N) is 1. The summed E-state index contributed by atoms with van der Waals surface area (Å²) in [5.74, 6) is 0. The normalized spacial score (nSPS) is 11.2. The molecule has 0 amide bonds. The molecule has 0 aliphatic carbocycles. The lowest BCUT2D eigenvalue weighted by molar-refractivity contribution is -0.0106. The van der Waals surface area contributed by atoms with Gasteiger partial charge >= 0.3 is 0 Å². The molecule has 0 radical (unpaired) electrons. The zero-order chi connectivity index (χ0) is 17.6. The summed E-state index contributed by atoms with van der Waals surface area (Å²) in [5, 5.41) is 3.14. The molecular formula is C16H36N2O6. The van der Waals surface area contributed by atoms with Crippen LogP contribution in [0.25, 0.3) is 0 Å². The van der Waals surface area contributed by atoms with Crippen LogP contribution >= 0.6 is 0 Å². The third kappa shape index (κ3) is 21.7. The standard InChI is InChI=1S/C16H36N2O6/c1-2-5-24-16-18-4-7-20-9-11-22-13-15-23-14-12-21-10-8-19-6-3-17/h18H,2-17H2,1H3. The van der Waals surface area contributed by atoms with Crippen molar-refractivity contribution >= 4 is 0 Å². The first kappa shape index (κ1) is 23.7. The zero-order valence-corrected chi connectivity index (χ0v) is 15.1. The molecule has 0 rings (SSSR count). The number of ether oxygens (including phenoxy) is 6. The highest BCUT2D eigenvalue weighted by molar-refractivity contribution is 4.40. The Hall–Kier alpha value is -0.320. The number of hydrogen-bond acceptors (Lipinski definition) is 8. The first-order valence-corrected chi connectivity index (χ1v) is 8.79. The van der Waals surface area contributed by atoms with E-state index >= 15 is 0 Å². The van der Waals surface area contributed by atoms with E-state index in [0.717, 1.165) is 19.6 Å². The fourth-order valence-corrected chi connectivity index (χ4v) is 1.57. The molecule has 0 aliphatic rings. The molecular weight excluding hydrogens is 316 g/mol. The second-order valence-corrected chi connectivity index (χ2v) is 4.90. The summed E-state index contributed by atoms with van der Waals surface area (Å²) in [7, 11) is 0. The second-order valence-electron chi connectivity index (χ2n) is 4.90. The van der Waals surface area contributed by atoms with Gasteiger partial charge in [0.2, 0.25) is 0 Å². The molecule has 0 aromatic carbocycles. The Balaban J connectivity index is 2.93. The summed E-state index contributed by atoms with van der Waals surface area (Å²) in [6.45, 7) is 10.5. The molecule has 0 aliphatic heterocycles. The van der Waals surface area contributed by atoms with Crippen LogP contribution in [-0.2, 0) is 28.4 Å². The molecule has 24 heavy (non-hydrogen) atoms. The van der Waals surface area contributed by atoms with Crippen LogP contribution in [-0.4, -0.2) is 92.5 Å². The SMILES string of the molecule is CCCOCNCCOCCOCCOCCOCCOCCN. The minimum atomic E-state index is 0.541. The van der Waals surface area contributed by atoms with E-state index in [-0.39, 0.29) is 0 Å². The van der Waals surface area contributed by atoms with E-state index in [2.05, 4.69) is 12.2 Å². The van der Waals surface area contributed by atoms with Crippen molar-refractivity contribution in [2.75, 3.05) is 92.5 Å². The largest absolute Gasteiger partial charge is 0.378 e. The van der Waals surface area contributed by atoms with Crippen LogP contribution in [0, 0.1) is 0 Å². The van der Waals surface area contributed by atoms with Crippen molar-refractivity contribution in [2.45, 2.75) is 13.3 Å². The summed E-state index contributed by atoms with van der Waals surface area (Å²) < 4.78 is 32.0. The van der Waals surface area contributed by atoms with Crippen LogP contribution in [0.1, 0.15) is 13.3 Å². The zero-order valence-electron chi connectivity index (χ0n) is 15.1. The van der Waals surface area contributed by atoms with Crippen molar-refractivity contribution in [3.63, 3.8) is 0 Å². The van der Waals surface area contributed by atoms with Gasteiger partial charge in [-0.05, 0) is 6.42 Å². The Labute approximate surface area is 146 Å². The molecule has 0 bridgehead atoms. The van der Waals surface area contributed by atoms with E-state index in [9.17, 15) is 0 Å². The van der Waals surface area contributed by atoms with E-state index in [1.54, 1.807) is 0 Å². The van der Waals surface area contributed by atoms with Gasteiger partial charge in [-0.15, -0.1) is 0 Å². The van der Waals surface area contributed by atoms with Crippen LogP contribution in [0.3, 0.4) is 0 Å². The van der Waals surface area contributed by atoms with Gasteiger partial charge in [-0.2, -0.15) is 0 Å². The Morgan fingerprint density at radius 1 is 0.583 bits per heavy atom. The van der Waals surface area contributed by atoms with Crippen molar-refractivity contribution in [3.8, 4) is 0 Å². The van der Waals surface area contributed by atoms with Crippen molar-refractivity contribution < 1.29 is 28.4 Å². The maximum absolute atomic E-state index is 5.42. The number of hydrogen-bond donors (Lipinski definition) is 2. The van der Waals surface area contributed by atoms with Gasteiger partial charge in [-0.25, -0.2) is 0 Å². The highest BCUT2D eigenvalue weighted by atomic mass is 16.6. The fourth-order valence-electron chi connectivity index (χ4n) is 1.57. The van der Waals surface area contributed by atoms with Gasteiger partial charge in [0.1, 0.15) is 0 Å². The Kier molecular flexibility index (Phi) is 22.4. The van der Waals surface area contributed by atoms with Gasteiger partial charge in [-0.3, -0.25) is 5.32 Å². The molecule has 3 N–H and O–H groups in total. The van der Waals surface area contributed by atoms with E-state index in [0.29, 0.717) is 79.3 Å². The Morgan fingerprint density at radius 3 is 1.50 bits per heavy atom. The van der Waals surface area contributed by atoms with E-state index < -0.39 is 0 Å². The summed E-state index contributed by atoms with van der Waals surface area (Å²) in [6.07, 6.45) is 1.04. The molecule has 0 saturated heterocycles. The highest BCUT2D eigenvalue weighted by Gasteiger charge is 1.93. The molecule has 0 spiro atoms. The van der Waals surface area contributed by atoms with Crippen molar-refractivity contribution in [3.05, 3.63) is 0 Å². The summed E-state index contributed by atoms with van der Waals surface area (Å²) >= 11 is 0. The number of nitrogens with one attached hydrogen (secondary N) is 1. The molecule has 0 unspecified atom stereocenters. The molecule has 0 heterocycles.